The van der Waals surface area contributed by atoms with E-state index in [-0.39, 0.29) is 18.1 Å². The second-order valence-corrected chi connectivity index (χ2v) is 4.11. The molecule has 4 nitrogen and oxygen atoms in total. The highest BCUT2D eigenvalue weighted by Crippen LogP contribution is 2.19. The van der Waals surface area contributed by atoms with Crippen molar-refractivity contribution >= 4 is 23.5 Å². The molecule has 0 saturated carbocycles. The van der Waals surface area contributed by atoms with Crippen LogP contribution in [-0.4, -0.2) is 30.4 Å². The van der Waals surface area contributed by atoms with Crippen LogP contribution in [0, 0.1) is 5.82 Å². The van der Waals surface area contributed by atoms with Crippen LogP contribution in [0.25, 0.3) is 0 Å². The van der Waals surface area contributed by atoms with Gasteiger partial charge >= 0.3 is 11.9 Å². The van der Waals surface area contributed by atoms with Crippen LogP contribution in [0.1, 0.15) is 5.56 Å². The van der Waals surface area contributed by atoms with Gasteiger partial charge in [-0.3, -0.25) is 4.79 Å². The number of ether oxygens (including phenoxy) is 1. The number of hydrogen-bond acceptors (Lipinski definition) is 3. The lowest BCUT2D eigenvalue weighted by Gasteiger charge is -2.20. The van der Waals surface area contributed by atoms with Gasteiger partial charge in [0.2, 0.25) is 0 Å². The van der Waals surface area contributed by atoms with E-state index in [4.69, 9.17) is 11.6 Å². The lowest BCUT2D eigenvalue weighted by molar-refractivity contribution is -0.158. The largest absolute Gasteiger partial charge is 0.462 e. The fourth-order valence-electron chi connectivity index (χ4n) is 1.45. The van der Waals surface area contributed by atoms with Crippen molar-refractivity contribution < 1.29 is 18.7 Å². The lowest BCUT2D eigenvalue weighted by atomic mass is 10.2. The zero-order valence-corrected chi connectivity index (χ0v) is 11.1. The van der Waals surface area contributed by atoms with E-state index < -0.39 is 17.7 Å². The molecule has 0 aliphatic heterocycles. The van der Waals surface area contributed by atoms with Crippen LogP contribution in [-0.2, 0) is 20.9 Å². The number of benzene rings is 1. The van der Waals surface area contributed by atoms with Crippen molar-refractivity contribution in [2.24, 2.45) is 0 Å². The number of carbonyl (C=O) groups is 2. The van der Waals surface area contributed by atoms with Gasteiger partial charge in [0.05, 0.1) is 7.11 Å². The molecular weight excluding hydrogens is 273 g/mol. The summed E-state index contributed by atoms with van der Waals surface area (Å²) in [6.07, 6.45) is 1.47. The molecule has 0 radical (unpaired) electrons. The minimum Gasteiger partial charge on any atom is -0.462 e. The van der Waals surface area contributed by atoms with Crippen LogP contribution < -0.4 is 0 Å². The van der Waals surface area contributed by atoms with Crippen LogP contribution in [0.3, 0.4) is 0 Å². The first kappa shape index (κ1) is 15.2. The van der Waals surface area contributed by atoms with Gasteiger partial charge in [-0.15, -0.1) is 6.58 Å². The van der Waals surface area contributed by atoms with Crippen molar-refractivity contribution in [1.29, 1.82) is 0 Å². The molecule has 0 aliphatic rings. The van der Waals surface area contributed by atoms with Gasteiger partial charge in [-0.1, -0.05) is 23.7 Å². The monoisotopic (exact) mass is 285 g/mol. The Morgan fingerprint density at radius 1 is 1.53 bits per heavy atom. The normalized spacial score (nSPS) is 9.84. The maximum absolute atomic E-state index is 12.9. The van der Waals surface area contributed by atoms with E-state index in [1.54, 1.807) is 0 Å². The van der Waals surface area contributed by atoms with E-state index in [1.165, 1.54) is 23.1 Å². The summed E-state index contributed by atoms with van der Waals surface area (Å²) in [6, 6.07) is 3.83. The van der Waals surface area contributed by atoms with Crippen LogP contribution >= 0.6 is 11.6 Å². The van der Waals surface area contributed by atoms with Crippen molar-refractivity contribution in [3.63, 3.8) is 0 Å². The molecule has 19 heavy (non-hydrogen) atoms. The Morgan fingerprint density at radius 3 is 2.74 bits per heavy atom. The molecule has 1 aromatic rings. The minimum absolute atomic E-state index is 0.0685. The molecule has 0 atom stereocenters. The lowest BCUT2D eigenvalue weighted by Crippen LogP contribution is -2.37. The number of hydrogen-bond donors (Lipinski definition) is 0. The van der Waals surface area contributed by atoms with E-state index in [9.17, 15) is 14.0 Å². The molecule has 0 aromatic heterocycles. The number of nitrogens with zero attached hydrogens (tertiary/aromatic N) is 1. The molecule has 0 N–H and O–H groups in total. The maximum Gasteiger partial charge on any atom is 0.396 e. The highest BCUT2D eigenvalue weighted by molar-refractivity contribution is 6.32. The standard InChI is InChI=1S/C13H13ClFNO3/c1-3-6-16(12(17)13(18)19-2)8-9-4-5-10(15)7-11(9)14/h3-5,7H,1,6,8H2,2H3. The molecular formula is C13H13ClFNO3. The van der Waals surface area contributed by atoms with Crippen LogP contribution in [0.4, 0.5) is 4.39 Å². The topological polar surface area (TPSA) is 46.6 Å². The Kier molecular flexibility index (Phi) is 5.51. The Hall–Kier alpha value is -1.88. The van der Waals surface area contributed by atoms with Crippen LogP contribution in [0.2, 0.25) is 5.02 Å². The van der Waals surface area contributed by atoms with Crippen molar-refractivity contribution in [2.75, 3.05) is 13.7 Å². The average molecular weight is 286 g/mol. The highest BCUT2D eigenvalue weighted by Gasteiger charge is 2.22. The first-order valence-corrected chi connectivity index (χ1v) is 5.79. The Bertz CT molecular complexity index is 505. The third-order valence-electron chi connectivity index (χ3n) is 2.37. The van der Waals surface area contributed by atoms with Gasteiger partial charge in [0.1, 0.15) is 5.82 Å². The summed E-state index contributed by atoms with van der Waals surface area (Å²) in [6.45, 7) is 3.73. The Morgan fingerprint density at radius 2 is 2.21 bits per heavy atom. The minimum atomic E-state index is -0.972. The van der Waals surface area contributed by atoms with Crippen molar-refractivity contribution in [2.45, 2.75) is 6.54 Å². The summed E-state index contributed by atoms with van der Waals surface area (Å²) < 4.78 is 17.3. The SMILES string of the molecule is C=CCN(Cc1ccc(F)cc1Cl)C(=O)C(=O)OC. The first-order chi connectivity index (χ1) is 8.99. The van der Waals surface area contributed by atoms with Gasteiger partial charge in [-0.2, -0.15) is 0 Å². The van der Waals surface area contributed by atoms with Crippen molar-refractivity contribution in [1.82, 2.24) is 4.90 Å². The Labute approximate surface area is 115 Å². The predicted molar refractivity (Wildman–Crippen MR) is 69.0 cm³/mol. The van der Waals surface area contributed by atoms with Gasteiger partial charge < -0.3 is 9.64 Å². The second kappa shape index (κ2) is 6.89. The number of halogens is 2. The van der Waals surface area contributed by atoms with Gasteiger partial charge in [-0.05, 0) is 17.7 Å². The molecule has 0 heterocycles. The number of amides is 1. The molecule has 0 unspecified atom stereocenters. The molecule has 0 spiro atoms. The average Bonchev–Trinajstić information content (AvgIpc) is 2.39. The predicted octanol–water partition coefficient (Wildman–Crippen LogP) is 2.17. The molecule has 0 saturated heterocycles. The van der Waals surface area contributed by atoms with Gasteiger partial charge in [0.25, 0.3) is 0 Å². The molecule has 102 valence electrons. The van der Waals surface area contributed by atoms with E-state index in [1.807, 2.05) is 0 Å². The quantitative estimate of drug-likeness (QED) is 0.484. The van der Waals surface area contributed by atoms with Crippen molar-refractivity contribution in [3.8, 4) is 0 Å². The van der Waals surface area contributed by atoms with E-state index in [0.717, 1.165) is 13.2 Å². The molecule has 1 aromatic carbocycles. The molecule has 0 fully saturated rings. The van der Waals surface area contributed by atoms with E-state index in [2.05, 4.69) is 11.3 Å². The van der Waals surface area contributed by atoms with Gasteiger partial charge in [0.15, 0.2) is 0 Å². The summed E-state index contributed by atoms with van der Waals surface area (Å²) in [7, 11) is 1.12. The maximum atomic E-state index is 12.9. The van der Waals surface area contributed by atoms with Crippen molar-refractivity contribution in [3.05, 3.63) is 47.3 Å². The number of rotatable bonds is 4. The number of methoxy groups -OCH3 is 1. The van der Waals surface area contributed by atoms with E-state index >= 15 is 0 Å². The van der Waals surface area contributed by atoms with Crippen LogP contribution in [0.15, 0.2) is 30.9 Å². The van der Waals surface area contributed by atoms with Gasteiger partial charge in [-0.25, -0.2) is 9.18 Å². The van der Waals surface area contributed by atoms with Gasteiger partial charge in [0, 0.05) is 18.1 Å². The smallest absolute Gasteiger partial charge is 0.396 e. The molecule has 0 bridgehead atoms. The summed E-state index contributed by atoms with van der Waals surface area (Å²) in [5.74, 6) is -2.24. The number of carbonyl (C=O) groups excluding carboxylic acids is 2. The molecule has 1 rings (SSSR count). The highest BCUT2D eigenvalue weighted by atomic mass is 35.5. The summed E-state index contributed by atoms with van der Waals surface area (Å²) in [4.78, 5) is 24.2. The summed E-state index contributed by atoms with van der Waals surface area (Å²) >= 11 is 5.87. The van der Waals surface area contributed by atoms with Crippen LogP contribution in [0.5, 0.6) is 0 Å². The van der Waals surface area contributed by atoms with E-state index in [0.29, 0.717) is 5.56 Å². The molecule has 6 heteroatoms. The zero-order valence-electron chi connectivity index (χ0n) is 10.4. The zero-order chi connectivity index (χ0) is 14.4. The number of esters is 1. The molecule has 1 amide bonds. The third-order valence-corrected chi connectivity index (χ3v) is 2.72. The fourth-order valence-corrected chi connectivity index (χ4v) is 1.67. The molecule has 0 aliphatic carbocycles. The Balaban J connectivity index is 2.92. The third kappa shape index (κ3) is 4.06. The fraction of sp³-hybridized carbons (Fsp3) is 0.231. The second-order valence-electron chi connectivity index (χ2n) is 3.70. The first-order valence-electron chi connectivity index (χ1n) is 5.41. The summed E-state index contributed by atoms with van der Waals surface area (Å²) in [5.41, 5.74) is 0.530. The summed E-state index contributed by atoms with van der Waals surface area (Å²) in [5, 5.41) is 0.187.